The van der Waals surface area contributed by atoms with E-state index < -0.39 is 5.60 Å². The smallest absolute Gasteiger partial charge is 0.224 e. The third kappa shape index (κ3) is 4.60. The topological polar surface area (TPSA) is 55.4 Å². The highest BCUT2D eigenvalue weighted by molar-refractivity contribution is 6.00. The summed E-state index contributed by atoms with van der Waals surface area (Å²) < 4.78 is 5.85. The Morgan fingerprint density at radius 2 is 1.96 bits per heavy atom. The molecule has 0 saturated carbocycles. The number of amides is 1. The molecule has 134 valence electrons. The molecule has 0 saturated heterocycles. The molecule has 4 heteroatoms. The van der Waals surface area contributed by atoms with E-state index in [1.54, 1.807) is 0 Å². The molecule has 0 unspecified atom stereocenters. The van der Waals surface area contributed by atoms with E-state index in [1.807, 2.05) is 74.5 Å². The molecule has 0 spiro atoms. The molecule has 1 N–H and O–H groups in total. The van der Waals surface area contributed by atoms with Crippen LogP contribution in [0.5, 0.6) is 5.75 Å². The van der Waals surface area contributed by atoms with E-state index in [-0.39, 0.29) is 11.7 Å². The van der Waals surface area contributed by atoms with Crippen LogP contribution < -0.4 is 10.1 Å². The normalized spacial score (nSPS) is 15.4. The number of ether oxygens (including phenoxy) is 1. The Labute approximate surface area is 153 Å². The number of rotatable bonds is 5. The number of hydrogen-bond acceptors (Lipinski definition) is 3. The van der Waals surface area contributed by atoms with E-state index in [9.17, 15) is 9.59 Å². The number of nitrogens with one attached hydrogen (secondary N) is 1. The molecule has 1 aliphatic rings. The average Bonchev–Trinajstić information content (AvgIpc) is 2.60. The zero-order valence-electron chi connectivity index (χ0n) is 15.1. The standard InChI is InChI=1S/C22H23NO3/c1-22(2)14-19(24)18-13-17(11-12-20(18)26-22)15-23-21(25)10-6-9-16-7-4-3-5-8-16/h3-9,11-13H,10,14-15H2,1-2H3,(H,23,25)/b9-6+. The minimum atomic E-state index is -0.467. The molecule has 0 atom stereocenters. The van der Waals surface area contributed by atoms with E-state index in [0.29, 0.717) is 30.7 Å². The lowest BCUT2D eigenvalue weighted by molar-refractivity contribution is -0.120. The lowest BCUT2D eigenvalue weighted by Crippen LogP contribution is -2.36. The average molecular weight is 349 g/mol. The van der Waals surface area contributed by atoms with E-state index in [0.717, 1.165) is 11.1 Å². The fourth-order valence-corrected chi connectivity index (χ4v) is 2.95. The second-order valence-electron chi connectivity index (χ2n) is 7.09. The molecule has 1 amide bonds. The van der Waals surface area contributed by atoms with E-state index in [2.05, 4.69) is 5.32 Å². The van der Waals surface area contributed by atoms with Gasteiger partial charge in [0, 0.05) is 13.0 Å². The Kier molecular flexibility index (Phi) is 5.21. The van der Waals surface area contributed by atoms with Crippen molar-refractivity contribution in [3.63, 3.8) is 0 Å². The van der Waals surface area contributed by atoms with Crippen molar-refractivity contribution in [1.82, 2.24) is 5.32 Å². The van der Waals surface area contributed by atoms with Gasteiger partial charge in [0.2, 0.25) is 5.91 Å². The summed E-state index contributed by atoms with van der Waals surface area (Å²) in [5.74, 6) is 0.640. The first kappa shape index (κ1) is 17.9. The van der Waals surface area contributed by atoms with Gasteiger partial charge in [0.1, 0.15) is 11.4 Å². The fraction of sp³-hybridized carbons (Fsp3) is 0.273. The number of benzene rings is 2. The number of ketones is 1. The quantitative estimate of drug-likeness (QED) is 0.882. The highest BCUT2D eigenvalue weighted by atomic mass is 16.5. The van der Waals surface area contributed by atoms with Crippen LogP contribution in [0, 0.1) is 0 Å². The van der Waals surface area contributed by atoms with Gasteiger partial charge < -0.3 is 10.1 Å². The summed E-state index contributed by atoms with van der Waals surface area (Å²) in [5, 5.41) is 2.88. The van der Waals surface area contributed by atoms with Gasteiger partial charge in [-0.3, -0.25) is 9.59 Å². The van der Waals surface area contributed by atoms with E-state index >= 15 is 0 Å². The highest BCUT2D eigenvalue weighted by Gasteiger charge is 2.32. The number of carbonyl (C=O) groups excluding carboxylic acids is 2. The van der Waals surface area contributed by atoms with Crippen LogP contribution in [0.1, 0.15) is 48.2 Å². The molecule has 0 fully saturated rings. The Morgan fingerprint density at radius 1 is 1.19 bits per heavy atom. The van der Waals surface area contributed by atoms with Gasteiger partial charge in [0.15, 0.2) is 5.78 Å². The van der Waals surface area contributed by atoms with Crippen LogP contribution in [0.4, 0.5) is 0 Å². The Hall–Kier alpha value is -2.88. The molecule has 0 bridgehead atoms. The van der Waals surface area contributed by atoms with E-state index in [4.69, 9.17) is 4.74 Å². The zero-order chi connectivity index (χ0) is 18.6. The second kappa shape index (κ2) is 7.56. The van der Waals surface area contributed by atoms with Crippen LogP contribution in [0.2, 0.25) is 0 Å². The van der Waals surface area contributed by atoms with Gasteiger partial charge in [0.25, 0.3) is 0 Å². The molecule has 0 radical (unpaired) electrons. The van der Waals surface area contributed by atoms with Crippen molar-refractivity contribution in [3.8, 4) is 5.75 Å². The minimum Gasteiger partial charge on any atom is -0.487 e. The second-order valence-corrected chi connectivity index (χ2v) is 7.09. The SMILES string of the molecule is CC1(C)CC(=O)c2cc(CNC(=O)C/C=C/c3ccccc3)ccc2O1. The molecule has 2 aromatic rings. The maximum absolute atomic E-state index is 12.3. The highest BCUT2D eigenvalue weighted by Crippen LogP contribution is 2.33. The maximum atomic E-state index is 12.3. The first-order chi connectivity index (χ1) is 12.4. The lowest BCUT2D eigenvalue weighted by atomic mass is 9.92. The fourth-order valence-electron chi connectivity index (χ4n) is 2.95. The van der Waals surface area contributed by atoms with Gasteiger partial charge in [-0.05, 0) is 37.1 Å². The van der Waals surface area contributed by atoms with Crippen LogP contribution in [-0.4, -0.2) is 17.3 Å². The van der Waals surface area contributed by atoms with Crippen molar-refractivity contribution in [1.29, 1.82) is 0 Å². The van der Waals surface area contributed by atoms with Crippen molar-refractivity contribution in [2.24, 2.45) is 0 Å². The van der Waals surface area contributed by atoms with Crippen molar-refractivity contribution in [3.05, 3.63) is 71.3 Å². The predicted octanol–water partition coefficient (Wildman–Crippen LogP) is 4.15. The first-order valence-electron chi connectivity index (χ1n) is 8.76. The predicted molar refractivity (Wildman–Crippen MR) is 102 cm³/mol. The van der Waals surface area contributed by atoms with Gasteiger partial charge in [-0.1, -0.05) is 48.6 Å². The molecule has 0 aliphatic carbocycles. The van der Waals surface area contributed by atoms with Gasteiger partial charge in [-0.15, -0.1) is 0 Å². The molecule has 0 aromatic heterocycles. The van der Waals surface area contributed by atoms with Gasteiger partial charge in [0.05, 0.1) is 12.0 Å². The Morgan fingerprint density at radius 3 is 2.73 bits per heavy atom. The Balaban J connectivity index is 1.55. The number of Topliss-reactive ketones (excluding diaryl/α,β-unsaturated/α-hetero) is 1. The summed E-state index contributed by atoms with van der Waals surface area (Å²) >= 11 is 0. The molecule has 1 heterocycles. The summed E-state index contributed by atoms with van der Waals surface area (Å²) in [5.41, 5.74) is 2.09. The van der Waals surface area contributed by atoms with Crippen LogP contribution in [0.3, 0.4) is 0 Å². The van der Waals surface area contributed by atoms with Crippen LogP contribution in [-0.2, 0) is 11.3 Å². The molecule has 26 heavy (non-hydrogen) atoms. The molecule has 3 rings (SSSR count). The zero-order valence-corrected chi connectivity index (χ0v) is 15.1. The summed E-state index contributed by atoms with van der Waals surface area (Å²) in [6.45, 7) is 4.21. The molecular formula is C22H23NO3. The Bertz CT molecular complexity index is 838. The van der Waals surface area contributed by atoms with Crippen LogP contribution in [0.15, 0.2) is 54.6 Å². The maximum Gasteiger partial charge on any atom is 0.224 e. The van der Waals surface area contributed by atoms with Crippen molar-refractivity contribution >= 4 is 17.8 Å². The molecular weight excluding hydrogens is 326 g/mol. The summed E-state index contributed by atoms with van der Waals surface area (Å²) in [4.78, 5) is 24.3. The monoisotopic (exact) mass is 349 g/mol. The largest absolute Gasteiger partial charge is 0.487 e. The third-order valence-corrected chi connectivity index (χ3v) is 4.22. The van der Waals surface area contributed by atoms with Crippen LogP contribution in [0.25, 0.3) is 6.08 Å². The van der Waals surface area contributed by atoms with Gasteiger partial charge >= 0.3 is 0 Å². The summed E-state index contributed by atoms with van der Waals surface area (Å²) in [6, 6.07) is 15.4. The van der Waals surface area contributed by atoms with Gasteiger partial charge in [-0.2, -0.15) is 0 Å². The van der Waals surface area contributed by atoms with E-state index in [1.165, 1.54) is 0 Å². The van der Waals surface area contributed by atoms with Crippen molar-refractivity contribution < 1.29 is 14.3 Å². The van der Waals surface area contributed by atoms with Crippen LogP contribution >= 0.6 is 0 Å². The first-order valence-corrected chi connectivity index (χ1v) is 8.76. The summed E-state index contributed by atoms with van der Waals surface area (Å²) in [6.07, 6.45) is 4.45. The number of carbonyl (C=O) groups is 2. The molecule has 2 aromatic carbocycles. The van der Waals surface area contributed by atoms with Gasteiger partial charge in [-0.25, -0.2) is 0 Å². The van der Waals surface area contributed by atoms with Crippen molar-refractivity contribution in [2.45, 2.75) is 38.8 Å². The van der Waals surface area contributed by atoms with Crippen molar-refractivity contribution in [2.75, 3.05) is 0 Å². The number of hydrogen-bond donors (Lipinski definition) is 1. The summed E-state index contributed by atoms with van der Waals surface area (Å²) in [7, 11) is 0. The number of fused-ring (bicyclic) bond motifs is 1. The minimum absolute atomic E-state index is 0.0568. The lowest BCUT2D eigenvalue weighted by Gasteiger charge is -2.31. The third-order valence-electron chi connectivity index (χ3n) is 4.22. The molecule has 4 nitrogen and oxygen atoms in total. The molecule has 1 aliphatic heterocycles.